The molecule has 0 saturated heterocycles. The predicted octanol–water partition coefficient (Wildman–Crippen LogP) is 5.37. The van der Waals surface area contributed by atoms with Crippen molar-refractivity contribution in [2.45, 2.75) is 19.6 Å². The van der Waals surface area contributed by atoms with E-state index in [9.17, 15) is 17.6 Å². The second kappa shape index (κ2) is 6.21. The van der Waals surface area contributed by atoms with Crippen molar-refractivity contribution in [3.8, 4) is 0 Å². The van der Waals surface area contributed by atoms with E-state index in [0.29, 0.717) is 5.56 Å². The molecule has 0 spiro atoms. The molecule has 0 radical (unpaired) electrons. The normalized spacial score (nSPS) is 11.5. The van der Waals surface area contributed by atoms with E-state index in [-0.39, 0.29) is 6.54 Å². The molecule has 2 aromatic rings. The molecule has 0 heterocycles. The molecule has 6 heteroatoms. The Balaban J connectivity index is 2.15. The zero-order valence-corrected chi connectivity index (χ0v) is 13.2. The van der Waals surface area contributed by atoms with E-state index in [1.165, 1.54) is 6.07 Å². The van der Waals surface area contributed by atoms with Crippen LogP contribution in [0.15, 0.2) is 36.4 Å². The second-order valence-corrected chi connectivity index (χ2v) is 5.79. The van der Waals surface area contributed by atoms with Crippen molar-refractivity contribution in [2.24, 2.45) is 0 Å². The van der Waals surface area contributed by atoms with Crippen LogP contribution in [0.4, 0.5) is 23.2 Å². The molecule has 0 saturated carbocycles. The van der Waals surface area contributed by atoms with Crippen LogP contribution in [-0.2, 0) is 12.7 Å². The predicted molar refractivity (Wildman–Crippen MR) is 82.6 cm³/mol. The molecule has 2 rings (SSSR count). The Bertz CT molecular complexity index is 653. The largest absolute Gasteiger partial charge is 0.419 e. The number of anilines is 1. The van der Waals surface area contributed by atoms with Gasteiger partial charge in [-0.2, -0.15) is 13.2 Å². The maximum absolute atomic E-state index is 13.2. The first-order valence-corrected chi connectivity index (χ1v) is 7.21. The van der Waals surface area contributed by atoms with Gasteiger partial charge >= 0.3 is 6.18 Å². The average molecular weight is 409 g/mol. The zero-order chi connectivity index (χ0) is 15.6. The van der Waals surface area contributed by atoms with Crippen LogP contribution in [0.2, 0.25) is 0 Å². The van der Waals surface area contributed by atoms with Crippen LogP contribution in [0.3, 0.4) is 0 Å². The summed E-state index contributed by atoms with van der Waals surface area (Å²) in [6, 6.07) is 8.71. The van der Waals surface area contributed by atoms with E-state index in [0.717, 1.165) is 27.0 Å². The van der Waals surface area contributed by atoms with Crippen LogP contribution >= 0.6 is 22.6 Å². The molecule has 0 aliphatic heterocycles. The van der Waals surface area contributed by atoms with Crippen molar-refractivity contribution in [3.63, 3.8) is 0 Å². The first kappa shape index (κ1) is 16.1. The number of nitrogens with one attached hydrogen (secondary N) is 1. The first-order valence-electron chi connectivity index (χ1n) is 6.13. The van der Waals surface area contributed by atoms with E-state index in [2.05, 4.69) is 27.9 Å². The van der Waals surface area contributed by atoms with Crippen LogP contribution in [0.1, 0.15) is 16.7 Å². The Morgan fingerprint density at radius 1 is 1.10 bits per heavy atom. The van der Waals surface area contributed by atoms with Gasteiger partial charge in [-0.3, -0.25) is 0 Å². The summed E-state index contributed by atoms with van der Waals surface area (Å²) in [4.78, 5) is 0. The molecule has 21 heavy (non-hydrogen) atoms. The topological polar surface area (TPSA) is 12.0 Å². The van der Waals surface area contributed by atoms with Crippen LogP contribution < -0.4 is 5.32 Å². The summed E-state index contributed by atoms with van der Waals surface area (Å²) in [7, 11) is 0. The number of rotatable bonds is 3. The van der Waals surface area contributed by atoms with Gasteiger partial charge in [-0.15, -0.1) is 0 Å². The summed E-state index contributed by atoms with van der Waals surface area (Å²) in [6.07, 6.45) is -4.68. The Kier molecular flexibility index (Phi) is 4.75. The third-order valence-corrected chi connectivity index (χ3v) is 4.17. The van der Waals surface area contributed by atoms with Crippen molar-refractivity contribution < 1.29 is 17.6 Å². The number of hydrogen-bond acceptors (Lipinski definition) is 1. The number of aryl methyl sites for hydroxylation is 1. The summed E-state index contributed by atoms with van der Waals surface area (Å²) in [6.45, 7) is 2.17. The van der Waals surface area contributed by atoms with E-state index >= 15 is 0 Å². The van der Waals surface area contributed by atoms with Crippen molar-refractivity contribution in [1.29, 1.82) is 0 Å². The summed E-state index contributed by atoms with van der Waals surface area (Å²) >= 11 is 2.19. The molecule has 0 bridgehead atoms. The number of halogens is 5. The summed E-state index contributed by atoms with van der Waals surface area (Å²) in [5.41, 5.74) is 1.07. The number of alkyl halides is 3. The highest BCUT2D eigenvalue weighted by atomic mass is 127. The molecule has 2 aromatic carbocycles. The minimum Gasteiger partial charge on any atom is -0.381 e. The van der Waals surface area contributed by atoms with Gasteiger partial charge in [-0.25, -0.2) is 4.39 Å². The van der Waals surface area contributed by atoms with Gasteiger partial charge in [0.05, 0.1) is 5.56 Å². The summed E-state index contributed by atoms with van der Waals surface area (Å²) in [5, 5.41) is 3.03. The monoisotopic (exact) mass is 409 g/mol. The van der Waals surface area contributed by atoms with E-state index in [1.807, 2.05) is 25.1 Å². The van der Waals surface area contributed by atoms with Crippen molar-refractivity contribution in [1.82, 2.24) is 0 Å². The van der Waals surface area contributed by atoms with Crippen molar-refractivity contribution >= 4 is 28.3 Å². The molecular weight excluding hydrogens is 397 g/mol. The Morgan fingerprint density at radius 3 is 2.43 bits per heavy atom. The van der Waals surface area contributed by atoms with Crippen LogP contribution in [0, 0.1) is 16.3 Å². The van der Waals surface area contributed by atoms with Crippen LogP contribution in [-0.4, -0.2) is 0 Å². The van der Waals surface area contributed by atoms with Crippen molar-refractivity contribution in [3.05, 3.63) is 62.5 Å². The molecule has 0 aliphatic carbocycles. The average Bonchev–Trinajstić information content (AvgIpc) is 2.40. The minimum atomic E-state index is -4.68. The lowest BCUT2D eigenvalue weighted by atomic mass is 10.1. The van der Waals surface area contributed by atoms with Gasteiger partial charge < -0.3 is 5.32 Å². The van der Waals surface area contributed by atoms with Gasteiger partial charge in [0.1, 0.15) is 5.82 Å². The van der Waals surface area contributed by atoms with Gasteiger partial charge in [0.15, 0.2) is 0 Å². The van der Waals surface area contributed by atoms with Gasteiger partial charge in [0, 0.05) is 15.8 Å². The van der Waals surface area contributed by atoms with Crippen molar-refractivity contribution in [2.75, 3.05) is 5.32 Å². The highest BCUT2D eigenvalue weighted by molar-refractivity contribution is 14.1. The maximum Gasteiger partial charge on any atom is 0.419 e. The fourth-order valence-corrected chi connectivity index (χ4v) is 2.32. The van der Waals surface area contributed by atoms with E-state index in [4.69, 9.17) is 0 Å². The third kappa shape index (κ3) is 4.09. The van der Waals surface area contributed by atoms with Gasteiger partial charge in [0.25, 0.3) is 0 Å². The number of hydrogen-bond donors (Lipinski definition) is 1. The fraction of sp³-hybridized carbons (Fsp3) is 0.200. The first-order chi connectivity index (χ1) is 9.77. The Morgan fingerprint density at radius 2 is 1.81 bits per heavy atom. The highest BCUT2D eigenvalue weighted by Gasteiger charge is 2.34. The molecule has 0 aromatic heterocycles. The fourth-order valence-electron chi connectivity index (χ4n) is 1.81. The van der Waals surface area contributed by atoms with Gasteiger partial charge in [-0.1, -0.05) is 12.1 Å². The molecule has 0 fully saturated rings. The molecule has 1 N–H and O–H groups in total. The lowest BCUT2D eigenvalue weighted by molar-refractivity contribution is -0.140. The molecular formula is C15H12F4IN. The minimum absolute atomic E-state index is 0.197. The number of benzene rings is 2. The van der Waals surface area contributed by atoms with E-state index in [1.54, 1.807) is 0 Å². The SMILES string of the molecule is Cc1ccc(NCc2ccc(F)c(C(F)(F)F)c2)cc1I. The standard InChI is InChI=1S/C15H12F4IN/c1-9-2-4-11(7-14(9)20)21-8-10-3-5-13(16)12(6-10)15(17,18)19/h2-7,21H,8H2,1H3. The quantitative estimate of drug-likeness (QED) is 0.531. The molecule has 0 aliphatic rings. The highest BCUT2D eigenvalue weighted by Crippen LogP contribution is 2.32. The zero-order valence-electron chi connectivity index (χ0n) is 11.1. The Hall–Kier alpha value is -1.31. The molecule has 0 amide bonds. The molecule has 1 nitrogen and oxygen atoms in total. The van der Waals surface area contributed by atoms with E-state index < -0.39 is 17.6 Å². The van der Waals surface area contributed by atoms with Crippen LogP contribution in [0.25, 0.3) is 0 Å². The second-order valence-electron chi connectivity index (χ2n) is 4.63. The lowest BCUT2D eigenvalue weighted by Crippen LogP contribution is -2.10. The van der Waals surface area contributed by atoms with Crippen LogP contribution in [0.5, 0.6) is 0 Å². The molecule has 0 atom stereocenters. The smallest absolute Gasteiger partial charge is 0.381 e. The Labute approximate surface area is 133 Å². The summed E-state index contributed by atoms with van der Waals surface area (Å²) < 4.78 is 52.1. The third-order valence-electron chi connectivity index (χ3n) is 3.00. The van der Waals surface area contributed by atoms with Gasteiger partial charge in [-0.05, 0) is 64.9 Å². The lowest BCUT2D eigenvalue weighted by Gasteiger charge is -2.12. The molecule has 112 valence electrons. The maximum atomic E-state index is 13.2. The molecule has 0 unspecified atom stereocenters. The summed E-state index contributed by atoms with van der Waals surface area (Å²) in [5.74, 6) is -1.25. The van der Waals surface area contributed by atoms with Gasteiger partial charge in [0.2, 0.25) is 0 Å².